The van der Waals surface area contributed by atoms with Crippen LogP contribution >= 0.6 is 0 Å². The van der Waals surface area contributed by atoms with Crippen molar-refractivity contribution in [3.8, 4) is 22.6 Å². The summed E-state index contributed by atoms with van der Waals surface area (Å²) in [6, 6.07) is 9.75. The Morgan fingerprint density at radius 1 is 1.10 bits per heavy atom. The molecule has 3 rings (SSSR count). The molecule has 1 N–H and O–H groups in total. The molecule has 0 radical (unpaired) electrons. The van der Waals surface area contributed by atoms with Gasteiger partial charge in [0.15, 0.2) is 5.82 Å². The molecule has 5 heteroatoms. The first-order valence-corrected chi connectivity index (χ1v) is 6.12. The first-order chi connectivity index (χ1) is 9.68. The Labute approximate surface area is 115 Å². The summed E-state index contributed by atoms with van der Waals surface area (Å²) < 4.78 is 14.7. The van der Waals surface area contributed by atoms with Crippen molar-refractivity contribution in [1.29, 1.82) is 0 Å². The van der Waals surface area contributed by atoms with E-state index in [4.69, 9.17) is 0 Å². The summed E-state index contributed by atoms with van der Waals surface area (Å²) in [6.45, 7) is 1.77. The number of aryl methyl sites for hydroxylation is 1. The summed E-state index contributed by atoms with van der Waals surface area (Å²) in [7, 11) is 0. The zero-order chi connectivity index (χ0) is 14.1. The molecule has 0 aliphatic carbocycles. The van der Waals surface area contributed by atoms with Gasteiger partial charge in [-0.15, -0.1) is 0 Å². The third-order valence-electron chi connectivity index (χ3n) is 3.10. The van der Waals surface area contributed by atoms with E-state index in [1.54, 1.807) is 49.6 Å². The average Bonchev–Trinajstić information content (AvgIpc) is 2.75. The molecule has 0 amide bonds. The van der Waals surface area contributed by atoms with Crippen LogP contribution in [0.3, 0.4) is 0 Å². The molecule has 0 saturated heterocycles. The second-order valence-electron chi connectivity index (χ2n) is 4.40. The van der Waals surface area contributed by atoms with Gasteiger partial charge in [0.2, 0.25) is 0 Å². The number of benzene rings is 1. The fraction of sp³-hybridized carbons (Fsp3) is 0.0667. The van der Waals surface area contributed by atoms with Crippen molar-refractivity contribution in [1.82, 2.24) is 14.7 Å². The van der Waals surface area contributed by atoms with Crippen LogP contribution < -0.4 is 0 Å². The van der Waals surface area contributed by atoms with Gasteiger partial charge in [0, 0.05) is 18.0 Å². The number of halogens is 1. The van der Waals surface area contributed by atoms with E-state index in [0.29, 0.717) is 11.4 Å². The Bertz CT molecular complexity index is 753. The van der Waals surface area contributed by atoms with E-state index >= 15 is 0 Å². The maximum atomic E-state index is 13.8. The van der Waals surface area contributed by atoms with Crippen LogP contribution in [0.15, 0.2) is 48.8 Å². The van der Waals surface area contributed by atoms with E-state index in [1.165, 1.54) is 6.07 Å². The van der Waals surface area contributed by atoms with E-state index in [2.05, 4.69) is 9.97 Å². The topological polar surface area (TPSA) is 50.9 Å². The molecule has 0 bridgehead atoms. The molecule has 0 unspecified atom stereocenters. The molecule has 0 aliphatic heterocycles. The summed E-state index contributed by atoms with van der Waals surface area (Å²) in [6.07, 6.45) is 3.26. The molecular formula is C15H12FN3O. The highest BCUT2D eigenvalue weighted by Gasteiger charge is 2.18. The highest BCUT2D eigenvalue weighted by molar-refractivity contribution is 5.68. The summed E-state index contributed by atoms with van der Waals surface area (Å²) in [5.41, 5.74) is 2.19. The molecule has 0 aliphatic rings. The van der Waals surface area contributed by atoms with E-state index in [9.17, 15) is 9.60 Å². The Hall–Kier alpha value is -2.69. The second-order valence-corrected chi connectivity index (χ2v) is 4.40. The van der Waals surface area contributed by atoms with Crippen LogP contribution in [-0.4, -0.2) is 19.9 Å². The summed E-state index contributed by atoms with van der Waals surface area (Å²) in [5, 5.41) is 10.3. The van der Waals surface area contributed by atoms with Gasteiger partial charge in [-0.2, -0.15) is 4.73 Å². The van der Waals surface area contributed by atoms with Crippen molar-refractivity contribution in [3.05, 3.63) is 60.3 Å². The molecule has 0 atom stereocenters. The van der Waals surface area contributed by atoms with Crippen molar-refractivity contribution in [2.45, 2.75) is 6.92 Å². The molecule has 2 aromatic heterocycles. The molecular weight excluding hydrogens is 257 g/mol. The maximum absolute atomic E-state index is 13.8. The summed E-state index contributed by atoms with van der Waals surface area (Å²) >= 11 is 0. The SMILES string of the molecule is Cc1nc(-c2ccccc2F)n(O)c1-c1ccncc1. The van der Waals surface area contributed by atoms with E-state index in [1.807, 2.05) is 0 Å². The highest BCUT2D eigenvalue weighted by atomic mass is 19.1. The molecule has 0 spiro atoms. The number of hydrogen-bond acceptors (Lipinski definition) is 3. The Morgan fingerprint density at radius 3 is 2.50 bits per heavy atom. The standard InChI is InChI=1S/C15H12FN3O/c1-10-14(11-6-8-17-9-7-11)19(20)15(18-10)12-4-2-3-5-13(12)16/h2-9,20H,1H3. The third-order valence-corrected chi connectivity index (χ3v) is 3.10. The Balaban J connectivity index is 2.20. The fourth-order valence-corrected chi connectivity index (χ4v) is 2.18. The third kappa shape index (κ3) is 1.93. The molecule has 0 fully saturated rings. The van der Waals surface area contributed by atoms with E-state index < -0.39 is 5.82 Å². The van der Waals surface area contributed by atoms with Crippen LogP contribution in [0.5, 0.6) is 0 Å². The minimum absolute atomic E-state index is 0.187. The van der Waals surface area contributed by atoms with E-state index in [-0.39, 0.29) is 11.4 Å². The van der Waals surface area contributed by atoms with Crippen molar-refractivity contribution in [3.63, 3.8) is 0 Å². The van der Waals surface area contributed by atoms with Crippen LogP contribution in [0.4, 0.5) is 4.39 Å². The number of imidazole rings is 1. The van der Waals surface area contributed by atoms with Crippen LogP contribution in [-0.2, 0) is 0 Å². The minimum Gasteiger partial charge on any atom is -0.426 e. The van der Waals surface area contributed by atoms with Crippen LogP contribution in [0.1, 0.15) is 5.69 Å². The molecule has 1 aromatic carbocycles. The number of rotatable bonds is 2. The number of hydrogen-bond donors (Lipinski definition) is 1. The zero-order valence-electron chi connectivity index (χ0n) is 10.8. The van der Waals surface area contributed by atoms with Gasteiger partial charge in [-0.25, -0.2) is 9.37 Å². The predicted octanol–water partition coefficient (Wildman–Crippen LogP) is 3.30. The van der Waals surface area contributed by atoms with Crippen molar-refractivity contribution >= 4 is 0 Å². The average molecular weight is 269 g/mol. The lowest BCUT2D eigenvalue weighted by Gasteiger charge is -2.05. The maximum Gasteiger partial charge on any atom is 0.179 e. The molecule has 3 aromatic rings. The quantitative estimate of drug-likeness (QED) is 0.726. The van der Waals surface area contributed by atoms with E-state index in [0.717, 1.165) is 10.3 Å². The Morgan fingerprint density at radius 2 is 1.80 bits per heavy atom. The molecule has 2 heterocycles. The van der Waals surface area contributed by atoms with Gasteiger partial charge >= 0.3 is 0 Å². The monoisotopic (exact) mass is 269 g/mol. The lowest BCUT2D eigenvalue weighted by Crippen LogP contribution is -1.98. The van der Waals surface area contributed by atoms with Crippen molar-refractivity contribution < 1.29 is 9.60 Å². The lowest BCUT2D eigenvalue weighted by molar-refractivity contribution is 0.195. The van der Waals surface area contributed by atoms with Gasteiger partial charge in [0.1, 0.15) is 11.5 Å². The number of pyridine rings is 1. The molecule has 100 valence electrons. The zero-order valence-corrected chi connectivity index (χ0v) is 10.8. The largest absolute Gasteiger partial charge is 0.426 e. The molecule has 0 saturated carbocycles. The van der Waals surface area contributed by atoms with Crippen molar-refractivity contribution in [2.75, 3.05) is 0 Å². The molecule has 20 heavy (non-hydrogen) atoms. The van der Waals surface area contributed by atoms with Gasteiger partial charge in [0.05, 0.1) is 11.3 Å². The summed E-state index contributed by atoms with van der Waals surface area (Å²) in [4.78, 5) is 8.21. The second kappa shape index (κ2) is 4.77. The highest BCUT2D eigenvalue weighted by Crippen LogP contribution is 2.29. The van der Waals surface area contributed by atoms with Gasteiger partial charge in [-0.1, -0.05) is 12.1 Å². The van der Waals surface area contributed by atoms with Crippen LogP contribution in [0, 0.1) is 12.7 Å². The Kier molecular flexibility index (Phi) is 2.95. The first-order valence-electron chi connectivity index (χ1n) is 6.12. The first kappa shape index (κ1) is 12.3. The smallest absolute Gasteiger partial charge is 0.179 e. The van der Waals surface area contributed by atoms with Crippen molar-refractivity contribution in [2.24, 2.45) is 0 Å². The fourth-order valence-electron chi connectivity index (χ4n) is 2.18. The lowest BCUT2D eigenvalue weighted by atomic mass is 10.2. The van der Waals surface area contributed by atoms with Gasteiger partial charge < -0.3 is 5.21 Å². The van der Waals surface area contributed by atoms with Gasteiger partial charge in [-0.05, 0) is 31.2 Å². The predicted molar refractivity (Wildman–Crippen MR) is 72.8 cm³/mol. The molecule has 4 nitrogen and oxygen atoms in total. The van der Waals surface area contributed by atoms with Crippen LogP contribution in [0.25, 0.3) is 22.6 Å². The number of aromatic nitrogens is 3. The number of nitrogens with zero attached hydrogens (tertiary/aromatic N) is 3. The normalized spacial score (nSPS) is 10.7. The van der Waals surface area contributed by atoms with Crippen LogP contribution in [0.2, 0.25) is 0 Å². The van der Waals surface area contributed by atoms with Gasteiger partial charge in [-0.3, -0.25) is 4.98 Å². The minimum atomic E-state index is -0.422. The summed E-state index contributed by atoms with van der Waals surface area (Å²) in [5.74, 6) is -0.235. The van der Waals surface area contributed by atoms with Gasteiger partial charge in [0.25, 0.3) is 0 Å².